The quantitative estimate of drug-likeness (QED) is 0.823. The van der Waals surface area contributed by atoms with Gasteiger partial charge in [0.05, 0.1) is 10.9 Å². The highest BCUT2D eigenvalue weighted by molar-refractivity contribution is 7.89. The number of aryl methyl sites for hydroxylation is 1. The van der Waals surface area contributed by atoms with Crippen LogP contribution in [0.2, 0.25) is 5.02 Å². The lowest BCUT2D eigenvalue weighted by atomic mass is 10.1. The van der Waals surface area contributed by atoms with Gasteiger partial charge in [-0.25, -0.2) is 13.6 Å². The number of carbonyl (C=O) groups excluding carboxylic acids is 1. The summed E-state index contributed by atoms with van der Waals surface area (Å²) in [7, 11) is -3.69. The molecule has 1 amide bonds. The summed E-state index contributed by atoms with van der Waals surface area (Å²) in [5.74, 6) is -0.0852. The van der Waals surface area contributed by atoms with Crippen LogP contribution in [-0.4, -0.2) is 14.3 Å². The maximum absolute atomic E-state index is 12.1. The summed E-state index contributed by atoms with van der Waals surface area (Å²) in [6, 6.07) is 13.4. The van der Waals surface area contributed by atoms with E-state index in [-0.39, 0.29) is 16.8 Å². The zero-order valence-corrected chi connectivity index (χ0v) is 14.8. The standard InChI is InChI=1S/C17H19ClN2O3S/c1-12(14-3-2-4-15(18)11-14)20-17(21)10-7-13-5-8-16(9-6-13)24(19,22)23/h2-6,8-9,11-12H,7,10H2,1H3,(H,20,21)(H2,19,22,23)/t12-/m0/s1. The van der Waals surface area contributed by atoms with Crippen LogP contribution >= 0.6 is 11.6 Å². The molecular weight excluding hydrogens is 348 g/mol. The Balaban J connectivity index is 1.89. The van der Waals surface area contributed by atoms with Gasteiger partial charge in [0.15, 0.2) is 0 Å². The molecule has 0 saturated heterocycles. The van der Waals surface area contributed by atoms with E-state index in [0.29, 0.717) is 17.9 Å². The van der Waals surface area contributed by atoms with E-state index in [2.05, 4.69) is 5.32 Å². The predicted octanol–water partition coefficient (Wildman–Crippen LogP) is 2.80. The van der Waals surface area contributed by atoms with Gasteiger partial charge in [0.1, 0.15) is 0 Å². The molecule has 5 nitrogen and oxygen atoms in total. The molecule has 2 aromatic rings. The van der Waals surface area contributed by atoms with Crippen molar-refractivity contribution >= 4 is 27.5 Å². The van der Waals surface area contributed by atoms with Gasteiger partial charge in [-0.05, 0) is 48.7 Å². The Kier molecular flexibility index (Phi) is 5.99. The number of hydrogen-bond donors (Lipinski definition) is 2. The van der Waals surface area contributed by atoms with Crippen molar-refractivity contribution in [2.45, 2.75) is 30.7 Å². The molecular formula is C17H19ClN2O3S. The van der Waals surface area contributed by atoms with Crippen molar-refractivity contribution in [1.82, 2.24) is 5.32 Å². The predicted molar refractivity (Wildman–Crippen MR) is 94.1 cm³/mol. The first-order valence-electron chi connectivity index (χ1n) is 7.42. The molecule has 24 heavy (non-hydrogen) atoms. The van der Waals surface area contributed by atoms with Gasteiger partial charge >= 0.3 is 0 Å². The molecule has 2 aromatic carbocycles. The van der Waals surface area contributed by atoms with E-state index in [1.54, 1.807) is 18.2 Å². The minimum absolute atomic E-state index is 0.0604. The van der Waals surface area contributed by atoms with Gasteiger partial charge in [-0.3, -0.25) is 4.79 Å². The first-order valence-corrected chi connectivity index (χ1v) is 9.35. The Bertz CT molecular complexity index is 820. The number of amides is 1. The van der Waals surface area contributed by atoms with Crippen LogP contribution in [-0.2, 0) is 21.2 Å². The molecule has 128 valence electrons. The summed E-state index contributed by atoms with van der Waals surface area (Å²) in [6.07, 6.45) is 0.818. The highest BCUT2D eigenvalue weighted by atomic mass is 35.5. The molecule has 2 rings (SSSR count). The summed E-state index contributed by atoms with van der Waals surface area (Å²) in [5.41, 5.74) is 1.81. The second kappa shape index (κ2) is 7.79. The van der Waals surface area contributed by atoms with Crippen LogP contribution in [0.4, 0.5) is 0 Å². The van der Waals surface area contributed by atoms with Gasteiger partial charge in [0.2, 0.25) is 15.9 Å². The minimum Gasteiger partial charge on any atom is -0.350 e. The number of hydrogen-bond acceptors (Lipinski definition) is 3. The number of nitrogens with one attached hydrogen (secondary N) is 1. The second-order valence-corrected chi connectivity index (χ2v) is 7.53. The zero-order chi connectivity index (χ0) is 17.7. The minimum atomic E-state index is -3.69. The van der Waals surface area contributed by atoms with Crippen LogP contribution in [0, 0.1) is 0 Å². The molecule has 1 atom stereocenters. The average molecular weight is 367 g/mol. The number of primary sulfonamides is 1. The molecule has 0 fully saturated rings. The van der Waals surface area contributed by atoms with Crippen molar-refractivity contribution in [1.29, 1.82) is 0 Å². The first kappa shape index (κ1) is 18.4. The Morgan fingerprint density at radius 1 is 1.21 bits per heavy atom. The van der Waals surface area contributed by atoms with Gasteiger partial charge < -0.3 is 5.32 Å². The molecule has 0 spiro atoms. The van der Waals surface area contributed by atoms with Crippen molar-refractivity contribution in [3.8, 4) is 0 Å². The molecule has 0 aliphatic heterocycles. The van der Waals surface area contributed by atoms with Gasteiger partial charge in [0, 0.05) is 11.4 Å². The van der Waals surface area contributed by atoms with Crippen molar-refractivity contribution in [2.24, 2.45) is 5.14 Å². The van der Waals surface area contributed by atoms with Crippen LogP contribution in [0.5, 0.6) is 0 Å². The van der Waals surface area contributed by atoms with E-state index in [0.717, 1.165) is 11.1 Å². The largest absolute Gasteiger partial charge is 0.350 e. The third-order valence-corrected chi connectivity index (χ3v) is 4.78. The first-order chi connectivity index (χ1) is 11.3. The normalized spacial score (nSPS) is 12.6. The summed E-state index contributed by atoms with van der Waals surface area (Å²) < 4.78 is 22.4. The number of rotatable bonds is 6. The fourth-order valence-electron chi connectivity index (χ4n) is 2.28. The van der Waals surface area contributed by atoms with Crippen LogP contribution < -0.4 is 10.5 Å². The van der Waals surface area contributed by atoms with Crippen LogP contribution in [0.15, 0.2) is 53.4 Å². The molecule has 0 aliphatic carbocycles. The van der Waals surface area contributed by atoms with Crippen LogP contribution in [0.1, 0.15) is 30.5 Å². The Morgan fingerprint density at radius 3 is 2.46 bits per heavy atom. The van der Waals surface area contributed by atoms with E-state index in [4.69, 9.17) is 16.7 Å². The van der Waals surface area contributed by atoms with Gasteiger partial charge in [-0.2, -0.15) is 0 Å². The summed E-state index contributed by atoms with van der Waals surface area (Å²) in [4.78, 5) is 12.1. The number of halogens is 1. The molecule has 0 saturated carbocycles. The number of benzene rings is 2. The van der Waals surface area contributed by atoms with E-state index < -0.39 is 10.0 Å². The lowest BCUT2D eigenvalue weighted by molar-refractivity contribution is -0.121. The molecule has 0 aliphatic rings. The number of sulfonamides is 1. The van der Waals surface area contributed by atoms with E-state index in [1.807, 2.05) is 25.1 Å². The second-order valence-electron chi connectivity index (χ2n) is 5.53. The fourth-order valence-corrected chi connectivity index (χ4v) is 2.99. The molecule has 7 heteroatoms. The van der Waals surface area contributed by atoms with Gasteiger partial charge in [-0.15, -0.1) is 0 Å². The Labute approximate surface area is 146 Å². The lowest BCUT2D eigenvalue weighted by Crippen LogP contribution is -2.26. The molecule has 0 bridgehead atoms. The summed E-state index contributed by atoms with van der Waals surface area (Å²) >= 11 is 5.95. The van der Waals surface area contributed by atoms with E-state index >= 15 is 0 Å². The van der Waals surface area contributed by atoms with Crippen molar-refractivity contribution in [3.05, 3.63) is 64.7 Å². The summed E-state index contributed by atoms with van der Waals surface area (Å²) in [5, 5.41) is 8.59. The third-order valence-electron chi connectivity index (χ3n) is 3.62. The van der Waals surface area contributed by atoms with Crippen molar-refractivity contribution < 1.29 is 13.2 Å². The lowest BCUT2D eigenvalue weighted by Gasteiger charge is -2.14. The van der Waals surface area contributed by atoms with Gasteiger partial charge in [-0.1, -0.05) is 35.9 Å². The maximum Gasteiger partial charge on any atom is 0.238 e. The fraction of sp³-hybridized carbons (Fsp3) is 0.235. The smallest absolute Gasteiger partial charge is 0.238 e. The molecule has 0 radical (unpaired) electrons. The van der Waals surface area contributed by atoms with E-state index in [9.17, 15) is 13.2 Å². The Morgan fingerprint density at radius 2 is 1.88 bits per heavy atom. The Hall–Kier alpha value is -1.89. The molecule has 0 heterocycles. The van der Waals surface area contributed by atoms with E-state index in [1.165, 1.54) is 12.1 Å². The van der Waals surface area contributed by atoms with Crippen molar-refractivity contribution in [3.63, 3.8) is 0 Å². The third kappa shape index (κ3) is 5.33. The number of carbonyl (C=O) groups is 1. The van der Waals surface area contributed by atoms with Gasteiger partial charge in [0.25, 0.3) is 0 Å². The molecule has 3 N–H and O–H groups in total. The zero-order valence-electron chi connectivity index (χ0n) is 13.2. The number of nitrogens with two attached hydrogens (primary N) is 1. The van der Waals surface area contributed by atoms with Crippen LogP contribution in [0.25, 0.3) is 0 Å². The monoisotopic (exact) mass is 366 g/mol. The molecule has 0 unspecified atom stereocenters. The average Bonchev–Trinajstić information content (AvgIpc) is 2.52. The highest BCUT2D eigenvalue weighted by Crippen LogP contribution is 2.17. The molecule has 0 aromatic heterocycles. The summed E-state index contributed by atoms with van der Waals surface area (Å²) in [6.45, 7) is 1.89. The van der Waals surface area contributed by atoms with Crippen LogP contribution in [0.3, 0.4) is 0 Å². The highest BCUT2D eigenvalue weighted by Gasteiger charge is 2.11. The van der Waals surface area contributed by atoms with Crippen molar-refractivity contribution in [2.75, 3.05) is 0 Å². The SMILES string of the molecule is C[C@H](NC(=O)CCc1ccc(S(N)(=O)=O)cc1)c1cccc(Cl)c1. The maximum atomic E-state index is 12.1. The topological polar surface area (TPSA) is 89.3 Å².